The van der Waals surface area contributed by atoms with Gasteiger partial charge in [0.15, 0.2) is 0 Å². The molecule has 4 nitrogen and oxygen atoms in total. The number of amides is 1. The number of nitrogens with one attached hydrogen (secondary N) is 1. The highest BCUT2D eigenvalue weighted by molar-refractivity contribution is 6.42. The van der Waals surface area contributed by atoms with Crippen LogP contribution in [0.15, 0.2) is 53.6 Å². The zero-order valence-corrected chi connectivity index (χ0v) is 16.1. The van der Waals surface area contributed by atoms with Gasteiger partial charge in [-0.05, 0) is 62.4 Å². The molecule has 3 rings (SSSR count). The molecule has 0 aliphatic carbocycles. The minimum Gasteiger partial charge on any atom is -0.318 e. The van der Waals surface area contributed by atoms with Gasteiger partial charge in [-0.1, -0.05) is 23.2 Å². The lowest BCUT2D eigenvalue weighted by Gasteiger charge is -2.10. The molecule has 1 amide bonds. The second kappa shape index (κ2) is 7.94. The molecule has 0 saturated carbocycles. The first-order valence-electron chi connectivity index (χ1n) is 8.10. The smallest absolute Gasteiger partial charge is 0.271 e. The van der Waals surface area contributed by atoms with Crippen molar-refractivity contribution in [2.45, 2.75) is 13.8 Å². The summed E-state index contributed by atoms with van der Waals surface area (Å²) in [4.78, 5) is 12.0. The Morgan fingerprint density at radius 2 is 1.78 bits per heavy atom. The maximum Gasteiger partial charge on any atom is 0.271 e. The van der Waals surface area contributed by atoms with E-state index >= 15 is 0 Å². The summed E-state index contributed by atoms with van der Waals surface area (Å²) in [5.74, 6) is -0.811. The maximum absolute atomic E-state index is 12.9. The minimum absolute atomic E-state index is 0.329. The molecule has 0 fully saturated rings. The molecule has 3 aromatic rings. The van der Waals surface area contributed by atoms with E-state index < -0.39 is 11.7 Å². The predicted octanol–water partition coefficient (Wildman–Crippen LogP) is 5.30. The van der Waals surface area contributed by atoms with Crippen molar-refractivity contribution in [3.8, 4) is 5.69 Å². The molecule has 0 aliphatic rings. The van der Waals surface area contributed by atoms with Gasteiger partial charge in [0.2, 0.25) is 0 Å². The highest BCUT2D eigenvalue weighted by atomic mass is 35.5. The topological polar surface area (TPSA) is 46.4 Å². The van der Waals surface area contributed by atoms with Gasteiger partial charge in [0.1, 0.15) is 5.82 Å². The highest BCUT2D eigenvalue weighted by Gasteiger charge is 2.11. The number of benzene rings is 2. The third-order valence-electron chi connectivity index (χ3n) is 4.11. The van der Waals surface area contributed by atoms with Crippen molar-refractivity contribution in [1.29, 1.82) is 0 Å². The van der Waals surface area contributed by atoms with Crippen molar-refractivity contribution in [1.82, 2.24) is 9.99 Å². The van der Waals surface area contributed by atoms with Gasteiger partial charge in [-0.2, -0.15) is 5.10 Å². The second-order valence-corrected chi connectivity index (χ2v) is 6.78. The number of hydrogen-bond acceptors (Lipinski definition) is 2. The summed E-state index contributed by atoms with van der Waals surface area (Å²) in [5, 5.41) is 4.97. The van der Waals surface area contributed by atoms with Crippen LogP contribution in [0.25, 0.3) is 5.69 Å². The van der Waals surface area contributed by atoms with Crippen molar-refractivity contribution < 1.29 is 9.18 Å². The van der Waals surface area contributed by atoms with E-state index in [1.807, 2.05) is 30.5 Å². The number of aromatic nitrogens is 1. The van der Waals surface area contributed by atoms with Crippen LogP contribution in [0.4, 0.5) is 4.39 Å². The normalized spacial score (nSPS) is 11.1. The lowest BCUT2D eigenvalue weighted by atomic mass is 10.2. The van der Waals surface area contributed by atoms with Crippen LogP contribution in [0.1, 0.15) is 27.3 Å². The summed E-state index contributed by atoms with van der Waals surface area (Å²) >= 11 is 12.1. The average molecular weight is 404 g/mol. The Labute approximate surface area is 166 Å². The van der Waals surface area contributed by atoms with Crippen LogP contribution in [0.2, 0.25) is 10.0 Å². The van der Waals surface area contributed by atoms with E-state index in [0.29, 0.717) is 15.6 Å². The first-order valence-corrected chi connectivity index (χ1v) is 8.86. The van der Waals surface area contributed by atoms with E-state index in [1.165, 1.54) is 24.3 Å². The summed E-state index contributed by atoms with van der Waals surface area (Å²) < 4.78 is 14.9. The highest BCUT2D eigenvalue weighted by Crippen LogP contribution is 2.27. The van der Waals surface area contributed by atoms with E-state index in [1.54, 1.807) is 18.3 Å². The van der Waals surface area contributed by atoms with Crippen LogP contribution in [-0.2, 0) is 0 Å². The standard InChI is InChI=1S/C20H16Cl2FN3O/c1-12-9-15(11-24-25-20(27)14-3-5-16(23)6-4-14)13(2)26(12)17-7-8-18(21)19(22)10-17/h3-11H,1-2H3,(H,25,27)/b24-11-. The van der Waals surface area contributed by atoms with Crippen LogP contribution >= 0.6 is 23.2 Å². The zero-order chi connectivity index (χ0) is 19.6. The number of rotatable bonds is 4. The third-order valence-corrected chi connectivity index (χ3v) is 4.85. The van der Waals surface area contributed by atoms with E-state index in [4.69, 9.17) is 23.2 Å². The Hall–Kier alpha value is -2.63. The number of hydrogen-bond donors (Lipinski definition) is 1. The van der Waals surface area contributed by atoms with Crippen molar-refractivity contribution in [2.24, 2.45) is 5.10 Å². The van der Waals surface area contributed by atoms with Gasteiger partial charge in [0.05, 0.1) is 16.3 Å². The molecule has 0 saturated heterocycles. The fourth-order valence-corrected chi connectivity index (χ4v) is 3.06. The number of nitrogens with zero attached hydrogens (tertiary/aromatic N) is 2. The minimum atomic E-state index is -0.412. The van der Waals surface area contributed by atoms with Crippen molar-refractivity contribution in [3.63, 3.8) is 0 Å². The van der Waals surface area contributed by atoms with Crippen LogP contribution in [0, 0.1) is 19.7 Å². The van der Waals surface area contributed by atoms with E-state index in [2.05, 4.69) is 10.5 Å². The first-order chi connectivity index (χ1) is 12.9. The molecule has 27 heavy (non-hydrogen) atoms. The summed E-state index contributed by atoms with van der Waals surface area (Å²) in [6.45, 7) is 3.91. The van der Waals surface area contributed by atoms with Gasteiger partial charge in [0.25, 0.3) is 5.91 Å². The van der Waals surface area contributed by atoms with Gasteiger partial charge in [-0.15, -0.1) is 0 Å². The molecule has 7 heteroatoms. The Morgan fingerprint density at radius 3 is 2.44 bits per heavy atom. The van der Waals surface area contributed by atoms with Crippen LogP contribution in [0.3, 0.4) is 0 Å². The zero-order valence-electron chi connectivity index (χ0n) is 14.6. The summed E-state index contributed by atoms with van der Waals surface area (Å²) in [5.41, 5.74) is 6.42. The van der Waals surface area contributed by atoms with Gasteiger partial charge < -0.3 is 4.57 Å². The van der Waals surface area contributed by atoms with E-state index in [0.717, 1.165) is 22.6 Å². The van der Waals surface area contributed by atoms with Gasteiger partial charge in [-0.25, -0.2) is 9.82 Å². The fraction of sp³-hybridized carbons (Fsp3) is 0.100. The molecule has 1 heterocycles. The lowest BCUT2D eigenvalue weighted by molar-refractivity contribution is 0.0955. The van der Waals surface area contributed by atoms with E-state index in [-0.39, 0.29) is 0 Å². The summed E-state index contributed by atoms with van der Waals surface area (Å²) in [6, 6.07) is 12.6. The number of aryl methyl sites for hydroxylation is 1. The SMILES string of the molecule is Cc1cc(/C=N\NC(=O)c2ccc(F)cc2)c(C)n1-c1ccc(Cl)c(Cl)c1. The third kappa shape index (κ3) is 4.21. The molecule has 0 atom stereocenters. The Kier molecular flexibility index (Phi) is 5.63. The van der Waals surface area contributed by atoms with Gasteiger partial charge in [-0.3, -0.25) is 4.79 Å². The molecule has 138 valence electrons. The number of hydrazone groups is 1. The molecule has 1 N–H and O–H groups in total. The van der Waals surface area contributed by atoms with Gasteiger partial charge in [0, 0.05) is 28.2 Å². The monoisotopic (exact) mass is 403 g/mol. The summed E-state index contributed by atoms with van der Waals surface area (Å²) in [7, 11) is 0. The average Bonchev–Trinajstić information content (AvgIpc) is 2.92. The molecule has 0 aliphatic heterocycles. The predicted molar refractivity (Wildman–Crippen MR) is 107 cm³/mol. The molecular weight excluding hydrogens is 388 g/mol. The molecule has 0 radical (unpaired) electrons. The lowest BCUT2D eigenvalue weighted by Crippen LogP contribution is -2.17. The Balaban J connectivity index is 1.79. The maximum atomic E-state index is 12.9. The quantitative estimate of drug-likeness (QED) is 0.465. The number of halogens is 3. The molecule has 0 spiro atoms. The number of carbonyl (C=O) groups is 1. The second-order valence-electron chi connectivity index (χ2n) is 5.97. The van der Waals surface area contributed by atoms with Crippen LogP contribution in [0.5, 0.6) is 0 Å². The number of carbonyl (C=O) groups excluding carboxylic acids is 1. The molecular formula is C20H16Cl2FN3O. The van der Waals surface area contributed by atoms with Crippen molar-refractivity contribution >= 4 is 35.3 Å². The first kappa shape index (κ1) is 19.1. The molecule has 2 aromatic carbocycles. The summed E-state index contributed by atoms with van der Waals surface area (Å²) in [6.07, 6.45) is 1.57. The van der Waals surface area contributed by atoms with Gasteiger partial charge >= 0.3 is 0 Å². The molecule has 0 unspecified atom stereocenters. The van der Waals surface area contributed by atoms with E-state index in [9.17, 15) is 9.18 Å². The van der Waals surface area contributed by atoms with Crippen molar-refractivity contribution in [2.75, 3.05) is 0 Å². The molecule has 1 aromatic heterocycles. The Bertz CT molecular complexity index is 1030. The molecule has 0 bridgehead atoms. The van der Waals surface area contributed by atoms with Crippen molar-refractivity contribution in [3.05, 3.63) is 86.9 Å². The van der Waals surface area contributed by atoms with Crippen LogP contribution < -0.4 is 5.43 Å². The fourth-order valence-electron chi connectivity index (χ4n) is 2.77. The van der Waals surface area contributed by atoms with Crippen LogP contribution in [-0.4, -0.2) is 16.7 Å². The largest absolute Gasteiger partial charge is 0.318 e. The Morgan fingerprint density at radius 1 is 1.07 bits per heavy atom.